The number of ether oxygens (including phenoxy) is 1. The van der Waals surface area contributed by atoms with Crippen LogP contribution in [0.5, 0.6) is 5.88 Å². The highest BCUT2D eigenvalue weighted by Crippen LogP contribution is 2.26. The molecule has 128 valence electrons. The number of hydrogen-bond acceptors (Lipinski definition) is 7. The first kappa shape index (κ1) is 15.8. The van der Waals surface area contributed by atoms with Crippen LogP contribution in [0.25, 0.3) is 10.6 Å². The van der Waals surface area contributed by atoms with Crippen molar-refractivity contribution in [1.82, 2.24) is 20.0 Å². The van der Waals surface area contributed by atoms with Gasteiger partial charge in [-0.2, -0.15) is 0 Å². The normalized spacial score (nSPS) is 15.3. The van der Waals surface area contributed by atoms with E-state index in [2.05, 4.69) is 15.1 Å². The van der Waals surface area contributed by atoms with Gasteiger partial charge in [0.1, 0.15) is 12.4 Å². The number of piperidine rings is 1. The van der Waals surface area contributed by atoms with Gasteiger partial charge in [0.15, 0.2) is 11.5 Å². The number of carbonyl (C=O) groups excluding carboxylic acids is 1. The average Bonchev–Trinajstić information content (AvgIpc) is 3.34. The molecule has 0 atom stereocenters. The van der Waals surface area contributed by atoms with E-state index in [1.165, 1.54) is 6.33 Å². The SMILES string of the molecule is O=C(c1cc(-c2cccs2)on1)N1CCC(Oc2ccncn2)CC1. The van der Waals surface area contributed by atoms with Crippen molar-refractivity contribution in [3.05, 3.63) is 47.9 Å². The van der Waals surface area contributed by atoms with Gasteiger partial charge in [0.2, 0.25) is 5.88 Å². The van der Waals surface area contributed by atoms with Crippen molar-refractivity contribution in [1.29, 1.82) is 0 Å². The van der Waals surface area contributed by atoms with Crippen LogP contribution in [0, 0.1) is 0 Å². The molecule has 0 bridgehead atoms. The molecule has 0 unspecified atom stereocenters. The van der Waals surface area contributed by atoms with Crippen molar-refractivity contribution in [3.63, 3.8) is 0 Å². The smallest absolute Gasteiger partial charge is 0.276 e. The van der Waals surface area contributed by atoms with Crippen molar-refractivity contribution in [3.8, 4) is 16.5 Å². The van der Waals surface area contributed by atoms with Gasteiger partial charge in [0.05, 0.1) is 4.88 Å². The summed E-state index contributed by atoms with van der Waals surface area (Å²) in [5, 5.41) is 5.89. The minimum Gasteiger partial charge on any atom is -0.474 e. The van der Waals surface area contributed by atoms with Crippen LogP contribution in [0.4, 0.5) is 0 Å². The van der Waals surface area contributed by atoms with Crippen LogP contribution in [0.3, 0.4) is 0 Å². The van der Waals surface area contributed by atoms with E-state index in [9.17, 15) is 4.79 Å². The summed E-state index contributed by atoms with van der Waals surface area (Å²) in [4.78, 5) is 23.3. The second kappa shape index (κ2) is 7.02. The van der Waals surface area contributed by atoms with Crippen LogP contribution in [-0.4, -0.2) is 45.1 Å². The van der Waals surface area contributed by atoms with E-state index < -0.39 is 0 Å². The van der Waals surface area contributed by atoms with Gasteiger partial charge in [-0.1, -0.05) is 11.2 Å². The molecule has 0 radical (unpaired) electrons. The number of hydrogen-bond donors (Lipinski definition) is 0. The predicted octanol–water partition coefficient (Wildman–Crippen LogP) is 2.88. The molecule has 0 saturated carbocycles. The standard InChI is InChI=1S/C17H16N4O3S/c22-17(13-10-14(24-20-13)15-2-1-9-25-15)21-7-4-12(5-8-21)23-16-3-6-18-11-19-16/h1-3,6,9-12H,4-5,7-8H2. The Bertz CT molecular complexity index is 827. The second-order valence-electron chi connectivity index (χ2n) is 5.71. The summed E-state index contributed by atoms with van der Waals surface area (Å²) in [5.74, 6) is 1.09. The highest BCUT2D eigenvalue weighted by Gasteiger charge is 2.27. The lowest BCUT2D eigenvalue weighted by Crippen LogP contribution is -2.42. The predicted molar refractivity (Wildman–Crippen MR) is 91.4 cm³/mol. The molecule has 1 aliphatic heterocycles. The number of rotatable bonds is 4. The van der Waals surface area contributed by atoms with E-state index in [0.29, 0.717) is 30.4 Å². The molecular weight excluding hydrogens is 340 g/mol. The lowest BCUT2D eigenvalue weighted by atomic mass is 10.1. The molecule has 1 aliphatic rings. The van der Waals surface area contributed by atoms with Crippen LogP contribution >= 0.6 is 11.3 Å². The molecule has 3 aromatic rings. The molecule has 0 aromatic carbocycles. The third-order valence-electron chi connectivity index (χ3n) is 4.06. The number of amides is 1. The van der Waals surface area contributed by atoms with Crippen LogP contribution in [-0.2, 0) is 0 Å². The van der Waals surface area contributed by atoms with Gasteiger partial charge < -0.3 is 14.2 Å². The van der Waals surface area contributed by atoms with Crippen molar-refractivity contribution in [2.45, 2.75) is 18.9 Å². The minimum atomic E-state index is -0.105. The molecular formula is C17H16N4O3S. The third kappa shape index (κ3) is 3.53. The Hall–Kier alpha value is -2.74. The molecule has 7 nitrogen and oxygen atoms in total. The number of thiophene rings is 1. The van der Waals surface area contributed by atoms with E-state index in [-0.39, 0.29) is 12.0 Å². The zero-order chi connectivity index (χ0) is 17.1. The van der Waals surface area contributed by atoms with Gasteiger partial charge in [-0.05, 0) is 11.4 Å². The summed E-state index contributed by atoms with van der Waals surface area (Å²) in [7, 11) is 0. The highest BCUT2D eigenvalue weighted by molar-refractivity contribution is 7.13. The zero-order valence-electron chi connectivity index (χ0n) is 13.4. The van der Waals surface area contributed by atoms with Crippen molar-refractivity contribution in [2.75, 3.05) is 13.1 Å². The fraction of sp³-hybridized carbons (Fsp3) is 0.294. The topological polar surface area (TPSA) is 81.4 Å². The van der Waals surface area contributed by atoms with E-state index >= 15 is 0 Å². The van der Waals surface area contributed by atoms with Gasteiger partial charge >= 0.3 is 0 Å². The van der Waals surface area contributed by atoms with Gasteiger partial charge in [-0.15, -0.1) is 11.3 Å². The number of nitrogens with zero attached hydrogens (tertiary/aromatic N) is 4. The Balaban J connectivity index is 1.35. The molecule has 0 aliphatic carbocycles. The molecule has 3 aromatic heterocycles. The van der Waals surface area contributed by atoms with Crippen LogP contribution < -0.4 is 4.74 Å². The number of likely N-dealkylation sites (tertiary alicyclic amines) is 1. The number of aromatic nitrogens is 3. The lowest BCUT2D eigenvalue weighted by molar-refractivity contribution is 0.0578. The van der Waals surface area contributed by atoms with Crippen LogP contribution in [0.1, 0.15) is 23.3 Å². The monoisotopic (exact) mass is 356 g/mol. The molecule has 4 rings (SSSR count). The maximum Gasteiger partial charge on any atom is 0.276 e. The molecule has 0 spiro atoms. The Labute approximate surface area is 148 Å². The van der Waals surface area contributed by atoms with Crippen LogP contribution in [0.2, 0.25) is 0 Å². The Morgan fingerprint density at radius 3 is 2.92 bits per heavy atom. The Morgan fingerprint density at radius 1 is 1.32 bits per heavy atom. The van der Waals surface area contributed by atoms with E-state index in [4.69, 9.17) is 9.26 Å². The summed E-state index contributed by atoms with van der Waals surface area (Å²) in [5.41, 5.74) is 0.346. The quantitative estimate of drug-likeness (QED) is 0.715. The van der Waals surface area contributed by atoms with Gasteiger partial charge in [0.25, 0.3) is 5.91 Å². The van der Waals surface area contributed by atoms with Gasteiger partial charge in [0, 0.05) is 44.3 Å². The summed E-state index contributed by atoms with van der Waals surface area (Å²) >= 11 is 1.55. The van der Waals surface area contributed by atoms with E-state index in [1.54, 1.807) is 34.6 Å². The molecule has 8 heteroatoms. The van der Waals surface area contributed by atoms with E-state index in [1.807, 2.05) is 17.5 Å². The van der Waals surface area contributed by atoms with Crippen molar-refractivity contribution < 1.29 is 14.1 Å². The first-order chi connectivity index (χ1) is 12.3. The van der Waals surface area contributed by atoms with Crippen molar-refractivity contribution in [2.24, 2.45) is 0 Å². The zero-order valence-corrected chi connectivity index (χ0v) is 14.2. The van der Waals surface area contributed by atoms with Gasteiger partial charge in [-0.25, -0.2) is 9.97 Å². The fourth-order valence-electron chi connectivity index (χ4n) is 2.77. The summed E-state index contributed by atoms with van der Waals surface area (Å²) in [6, 6.07) is 7.32. The maximum atomic E-state index is 12.6. The average molecular weight is 356 g/mol. The molecule has 4 heterocycles. The molecule has 25 heavy (non-hydrogen) atoms. The Kier molecular flexibility index (Phi) is 4.43. The molecule has 1 saturated heterocycles. The second-order valence-corrected chi connectivity index (χ2v) is 6.66. The Morgan fingerprint density at radius 2 is 2.20 bits per heavy atom. The molecule has 1 amide bonds. The maximum absolute atomic E-state index is 12.6. The van der Waals surface area contributed by atoms with Gasteiger partial charge in [-0.3, -0.25) is 4.79 Å². The highest BCUT2D eigenvalue weighted by atomic mass is 32.1. The number of carbonyl (C=O) groups is 1. The van der Waals surface area contributed by atoms with Crippen LogP contribution in [0.15, 0.2) is 46.7 Å². The molecule has 1 fully saturated rings. The summed E-state index contributed by atoms with van der Waals surface area (Å²) in [6.07, 6.45) is 4.68. The first-order valence-corrected chi connectivity index (χ1v) is 8.90. The first-order valence-electron chi connectivity index (χ1n) is 8.02. The fourth-order valence-corrected chi connectivity index (χ4v) is 3.44. The summed E-state index contributed by atoms with van der Waals surface area (Å²) < 4.78 is 11.1. The van der Waals surface area contributed by atoms with E-state index in [0.717, 1.165) is 17.7 Å². The summed E-state index contributed by atoms with van der Waals surface area (Å²) in [6.45, 7) is 1.24. The third-order valence-corrected chi connectivity index (χ3v) is 4.95. The minimum absolute atomic E-state index is 0.0536. The molecule has 0 N–H and O–H groups in total. The van der Waals surface area contributed by atoms with Crippen molar-refractivity contribution >= 4 is 17.2 Å². The lowest BCUT2D eigenvalue weighted by Gasteiger charge is -2.31. The largest absolute Gasteiger partial charge is 0.474 e.